The SMILES string of the molecule is CC1(CN)CCN(Cc2cc(F)ccc2[N+](=O)[O-])C1. The molecule has 1 saturated heterocycles. The molecule has 1 fully saturated rings. The Morgan fingerprint density at radius 3 is 2.89 bits per heavy atom. The number of halogens is 1. The minimum absolute atomic E-state index is 0.0252. The highest BCUT2D eigenvalue weighted by atomic mass is 19.1. The van der Waals surface area contributed by atoms with Crippen molar-refractivity contribution in [1.82, 2.24) is 4.90 Å². The van der Waals surface area contributed by atoms with Crippen LogP contribution < -0.4 is 5.73 Å². The lowest BCUT2D eigenvalue weighted by molar-refractivity contribution is -0.385. The minimum atomic E-state index is -0.465. The summed E-state index contributed by atoms with van der Waals surface area (Å²) < 4.78 is 13.2. The number of benzene rings is 1. The van der Waals surface area contributed by atoms with Crippen LogP contribution in [0.15, 0.2) is 18.2 Å². The average molecular weight is 267 g/mol. The lowest BCUT2D eigenvalue weighted by Gasteiger charge is -2.22. The van der Waals surface area contributed by atoms with E-state index in [2.05, 4.69) is 11.8 Å². The van der Waals surface area contributed by atoms with Crippen molar-refractivity contribution in [2.24, 2.45) is 11.1 Å². The third-order valence-corrected chi connectivity index (χ3v) is 3.76. The number of nitrogens with two attached hydrogens (primary N) is 1. The maximum Gasteiger partial charge on any atom is 0.274 e. The molecule has 1 aliphatic rings. The Morgan fingerprint density at radius 1 is 1.58 bits per heavy atom. The molecular weight excluding hydrogens is 249 g/mol. The second-order valence-corrected chi connectivity index (χ2v) is 5.51. The van der Waals surface area contributed by atoms with Crippen LogP contribution in [0.2, 0.25) is 0 Å². The van der Waals surface area contributed by atoms with E-state index in [1.165, 1.54) is 12.1 Å². The van der Waals surface area contributed by atoms with E-state index in [-0.39, 0.29) is 11.1 Å². The highest BCUT2D eigenvalue weighted by Crippen LogP contribution is 2.31. The predicted octanol–water partition coefficient (Wildman–Crippen LogP) is 1.90. The van der Waals surface area contributed by atoms with Crippen LogP contribution in [0.4, 0.5) is 10.1 Å². The number of likely N-dealkylation sites (tertiary alicyclic amines) is 1. The maximum atomic E-state index is 13.2. The van der Waals surface area contributed by atoms with Crippen molar-refractivity contribution >= 4 is 5.69 Å². The van der Waals surface area contributed by atoms with Crippen LogP contribution in [-0.2, 0) is 6.54 Å². The molecule has 104 valence electrons. The number of nitro benzene ring substituents is 1. The fourth-order valence-electron chi connectivity index (χ4n) is 2.53. The molecule has 0 spiro atoms. The molecule has 0 aliphatic carbocycles. The monoisotopic (exact) mass is 267 g/mol. The molecule has 0 saturated carbocycles. The lowest BCUT2D eigenvalue weighted by Crippen LogP contribution is -2.31. The van der Waals surface area contributed by atoms with Gasteiger partial charge >= 0.3 is 0 Å². The van der Waals surface area contributed by atoms with Gasteiger partial charge in [0.1, 0.15) is 5.82 Å². The van der Waals surface area contributed by atoms with Crippen LogP contribution in [0.3, 0.4) is 0 Å². The standard InChI is InChI=1S/C13H18FN3O2/c1-13(8-15)4-5-16(9-13)7-10-6-11(14)2-3-12(10)17(18)19/h2-3,6H,4-5,7-9,15H2,1H3. The molecule has 0 amide bonds. The number of hydrogen-bond donors (Lipinski definition) is 1. The zero-order valence-corrected chi connectivity index (χ0v) is 10.9. The van der Waals surface area contributed by atoms with Crippen LogP contribution in [0, 0.1) is 21.3 Å². The first-order valence-electron chi connectivity index (χ1n) is 6.29. The Hall–Kier alpha value is -1.53. The van der Waals surface area contributed by atoms with E-state index in [4.69, 9.17) is 5.73 Å². The van der Waals surface area contributed by atoms with Gasteiger partial charge in [-0.05, 0) is 37.1 Å². The largest absolute Gasteiger partial charge is 0.330 e. The molecule has 2 N–H and O–H groups in total. The van der Waals surface area contributed by atoms with E-state index < -0.39 is 10.7 Å². The van der Waals surface area contributed by atoms with Crippen molar-refractivity contribution in [2.45, 2.75) is 19.9 Å². The zero-order valence-electron chi connectivity index (χ0n) is 10.9. The fourth-order valence-corrected chi connectivity index (χ4v) is 2.53. The van der Waals surface area contributed by atoms with Crippen molar-refractivity contribution in [2.75, 3.05) is 19.6 Å². The summed E-state index contributed by atoms with van der Waals surface area (Å²) in [5.74, 6) is -0.443. The van der Waals surface area contributed by atoms with Crippen molar-refractivity contribution in [3.05, 3.63) is 39.7 Å². The summed E-state index contributed by atoms with van der Waals surface area (Å²) in [4.78, 5) is 12.6. The van der Waals surface area contributed by atoms with E-state index in [1.807, 2.05) is 0 Å². The first kappa shape index (κ1) is 13.9. The summed E-state index contributed by atoms with van der Waals surface area (Å²) in [6, 6.07) is 3.59. The Kier molecular flexibility index (Phi) is 3.82. The van der Waals surface area contributed by atoms with Gasteiger partial charge in [-0.1, -0.05) is 6.92 Å². The molecule has 1 atom stereocenters. The molecule has 19 heavy (non-hydrogen) atoms. The molecule has 6 heteroatoms. The quantitative estimate of drug-likeness (QED) is 0.668. The maximum absolute atomic E-state index is 13.2. The van der Waals surface area contributed by atoms with E-state index in [1.54, 1.807) is 0 Å². The van der Waals surface area contributed by atoms with Crippen molar-refractivity contribution < 1.29 is 9.31 Å². The van der Waals surface area contributed by atoms with Gasteiger partial charge in [-0.25, -0.2) is 4.39 Å². The first-order chi connectivity index (χ1) is 8.93. The summed E-state index contributed by atoms with van der Waals surface area (Å²) in [7, 11) is 0. The highest BCUT2D eigenvalue weighted by molar-refractivity contribution is 5.40. The minimum Gasteiger partial charge on any atom is -0.330 e. The molecule has 0 bridgehead atoms. The lowest BCUT2D eigenvalue weighted by atomic mass is 9.90. The Bertz CT molecular complexity index is 495. The second kappa shape index (κ2) is 5.22. The van der Waals surface area contributed by atoms with Crippen LogP contribution >= 0.6 is 0 Å². The number of hydrogen-bond acceptors (Lipinski definition) is 4. The summed E-state index contributed by atoms with van der Waals surface area (Å²) in [5, 5.41) is 10.9. The predicted molar refractivity (Wildman–Crippen MR) is 70.1 cm³/mol. The molecule has 2 rings (SSSR count). The average Bonchev–Trinajstić information content (AvgIpc) is 2.71. The number of rotatable bonds is 4. The molecule has 1 aromatic rings. The molecule has 0 radical (unpaired) electrons. The van der Waals surface area contributed by atoms with Gasteiger partial charge in [-0.15, -0.1) is 0 Å². The van der Waals surface area contributed by atoms with Gasteiger partial charge in [-0.2, -0.15) is 0 Å². The van der Waals surface area contributed by atoms with E-state index >= 15 is 0 Å². The van der Waals surface area contributed by atoms with Gasteiger partial charge in [0, 0.05) is 24.7 Å². The van der Waals surface area contributed by atoms with Gasteiger partial charge in [0.05, 0.1) is 4.92 Å². The van der Waals surface area contributed by atoms with Crippen molar-refractivity contribution in [1.29, 1.82) is 0 Å². The van der Waals surface area contributed by atoms with Crippen LogP contribution in [0.1, 0.15) is 18.9 Å². The Labute approximate surface area is 111 Å². The molecule has 1 aromatic carbocycles. The van der Waals surface area contributed by atoms with Crippen LogP contribution in [0.25, 0.3) is 0 Å². The van der Waals surface area contributed by atoms with E-state index in [0.717, 1.165) is 25.6 Å². The van der Waals surface area contributed by atoms with Gasteiger partial charge < -0.3 is 5.73 Å². The van der Waals surface area contributed by atoms with Gasteiger partial charge in [0.25, 0.3) is 5.69 Å². The highest BCUT2D eigenvalue weighted by Gasteiger charge is 2.33. The van der Waals surface area contributed by atoms with Gasteiger partial charge in [0.15, 0.2) is 0 Å². The first-order valence-corrected chi connectivity index (χ1v) is 6.29. The topological polar surface area (TPSA) is 72.4 Å². The molecular formula is C13H18FN3O2. The van der Waals surface area contributed by atoms with Crippen molar-refractivity contribution in [3.63, 3.8) is 0 Å². The van der Waals surface area contributed by atoms with Crippen molar-refractivity contribution in [3.8, 4) is 0 Å². The normalized spacial score (nSPS) is 23.7. The zero-order chi connectivity index (χ0) is 14.0. The van der Waals surface area contributed by atoms with Gasteiger partial charge in [0.2, 0.25) is 0 Å². The molecule has 5 nitrogen and oxygen atoms in total. The van der Waals surface area contributed by atoms with Crippen LogP contribution in [-0.4, -0.2) is 29.5 Å². The number of nitro groups is 1. The molecule has 1 unspecified atom stereocenters. The van der Waals surface area contributed by atoms with Crippen LogP contribution in [0.5, 0.6) is 0 Å². The second-order valence-electron chi connectivity index (χ2n) is 5.51. The smallest absolute Gasteiger partial charge is 0.274 e. The fraction of sp³-hybridized carbons (Fsp3) is 0.538. The molecule has 1 heterocycles. The third kappa shape index (κ3) is 3.08. The molecule has 0 aromatic heterocycles. The summed E-state index contributed by atoms with van der Waals surface area (Å²) >= 11 is 0. The third-order valence-electron chi connectivity index (χ3n) is 3.76. The van der Waals surface area contributed by atoms with E-state index in [9.17, 15) is 14.5 Å². The Balaban J connectivity index is 2.16. The summed E-state index contributed by atoms with van der Waals surface area (Å²) in [6.45, 7) is 4.71. The molecule has 1 aliphatic heterocycles. The van der Waals surface area contributed by atoms with E-state index in [0.29, 0.717) is 18.7 Å². The Morgan fingerprint density at radius 2 is 2.32 bits per heavy atom. The van der Waals surface area contributed by atoms with Gasteiger partial charge in [-0.3, -0.25) is 15.0 Å². The number of nitrogens with zero attached hydrogens (tertiary/aromatic N) is 2. The summed E-state index contributed by atoms with van der Waals surface area (Å²) in [6.07, 6.45) is 0.965. The summed E-state index contributed by atoms with van der Waals surface area (Å²) in [5.41, 5.74) is 6.19.